The number of rotatable bonds is 10. The highest BCUT2D eigenvalue weighted by Gasteiger charge is 2.20. The first-order chi connectivity index (χ1) is 16.5. The molecule has 4 rings (SSSR count). The van der Waals surface area contributed by atoms with Crippen LogP contribution in [0.4, 0.5) is 0 Å². The molecule has 4 nitrogen and oxygen atoms in total. The molecule has 1 atom stereocenters. The van der Waals surface area contributed by atoms with Crippen molar-refractivity contribution in [1.29, 1.82) is 0 Å². The molecule has 5 heteroatoms. The fourth-order valence-corrected chi connectivity index (χ4v) is 4.53. The maximum absolute atomic E-state index is 10.4. The minimum Gasteiger partial charge on any atom is -0.492 e. The lowest BCUT2D eigenvalue weighted by atomic mass is 9.97. The lowest BCUT2D eigenvalue weighted by molar-refractivity contribution is 0.00827. The minimum absolute atomic E-state index is 0. The van der Waals surface area contributed by atoms with Gasteiger partial charge >= 0.3 is 0 Å². The molecule has 1 N–H and O–H groups in total. The monoisotopic (exact) mass is 497 g/mol. The molecule has 0 aromatic heterocycles. The fraction of sp³-hybridized carbons (Fsp3) is 0.467. The number of hydrogen-bond donors (Lipinski definition) is 1. The van der Waals surface area contributed by atoms with Crippen LogP contribution in [-0.2, 0) is 6.42 Å². The molecule has 3 aromatic rings. The molecule has 0 radical (unpaired) electrons. The van der Waals surface area contributed by atoms with Crippen LogP contribution in [0.5, 0.6) is 11.5 Å². The molecule has 190 valence electrons. The van der Waals surface area contributed by atoms with E-state index in [1.54, 1.807) is 0 Å². The molecule has 0 saturated carbocycles. The summed E-state index contributed by atoms with van der Waals surface area (Å²) in [5.41, 5.74) is 1.53. The summed E-state index contributed by atoms with van der Waals surface area (Å²) in [6, 6.07) is 21.0. The highest BCUT2D eigenvalue weighted by molar-refractivity contribution is 5.88. The highest BCUT2D eigenvalue weighted by atomic mass is 35.5. The van der Waals surface area contributed by atoms with Crippen molar-refractivity contribution in [2.24, 2.45) is 0 Å². The second kappa shape index (κ2) is 13.2. The largest absolute Gasteiger partial charge is 0.492 e. The lowest BCUT2D eigenvalue weighted by Gasteiger charge is -2.23. The second-order valence-electron chi connectivity index (χ2n) is 9.83. The molecule has 3 aromatic carbocycles. The molecule has 0 amide bonds. The topological polar surface area (TPSA) is 41.9 Å². The number of benzene rings is 3. The van der Waals surface area contributed by atoms with Crippen LogP contribution < -0.4 is 9.47 Å². The highest BCUT2D eigenvalue weighted by Crippen LogP contribution is 2.31. The Balaban J connectivity index is 0.00000342. The van der Waals surface area contributed by atoms with Gasteiger partial charge in [-0.25, -0.2) is 0 Å². The van der Waals surface area contributed by atoms with Gasteiger partial charge in [0.2, 0.25) is 0 Å². The van der Waals surface area contributed by atoms with Gasteiger partial charge in [0.1, 0.15) is 24.7 Å². The quantitative estimate of drug-likeness (QED) is 0.340. The third-order valence-electron chi connectivity index (χ3n) is 6.98. The van der Waals surface area contributed by atoms with E-state index in [0.717, 1.165) is 36.6 Å². The Morgan fingerprint density at radius 1 is 0.886 bits per heavy atom. The molecular weight excluding hydrogens is 458 g/mol. The van der Waals surface area contributed by atoms with Crippen LogP contribution in [-0.4, -0.2) is 48.5 Å². The molecule has 1 heterocycles. The van der Waals surface area contributed by atoms with E-state index in [0.29, 0.717) is 6.42 Å². The van der Waals surface area contributed by atoms with Gasteiger partial charge in [0.25, 0.3) is 0 Å². The van der Waals surface area contributed by atoms with Crippen molar-refractivity contribution in [1.82, 2.24) is 4.90 Å². The van der Waals surface area contributed by atoms with Gasteiger partial charge in [0.05, 0.1) is 5.60 Å². The fourth-order valence-electron chi connectivity index (χ4n) is 4.53. The molecule has 35 heavy (non-hydrogen) atoms. The molecule has 1 aliphatic heterocycles. The van der Waals surface area contributed by atoms with Gasteiger partial charge < -0.3 is 14.6 Å². The zero-order chi connectivity index (χ0) is 23.8. The first kappa shape index (κ1) is 27.3. The van der Waals surface area contributed by atoms with Crippen molar-refractivity contribution < 1.29 is 14.6 Å². The number of nitrogens with zero attached hydrogens (tertiary/aromatic N) is 1. The minimum atomic E-state index is -0.838. The van der Waals surface area contributed by atoms with Gasteiger partial charge in [-0.05, 0) is 73.8 Å². The van der Waals surface area contributed by atoms with E-state index in [2.05, 4.69) is 59.5 Å². The SMILES string of the molecule is CCC(C)(O)COc1ccc2ccccc2c1Cc1ccc(OCCN2CCCCCC2)cc1.Cl. The van der Waals surface area contributed by atoms with Crippen molar-refractivity contribution in [2.45, 2.75) is 58.0 Å². The number of fused-ring (bicyclic) bond motifs is 1. The van der Waals surface area contributed by atoms with Crippen molar-refractivity contribution >= 4 is 23.2 Å². The summed E-state index contributed by atoms with van der Waals surface area (Å²) in [5, 5.41) is 12.8. The number of ether oxygens (including phenoxy) is 2. The van der Waals surface area contributed by atoms with Crippen molar-refractivity contribution in [3.63, 3.8) is 0 Å². The molecule has 1 fully saturated rings. The predicted molar refractivity (Wildman–Crippen MR) is 147 cm³/mol. The molecule has 0 bridgehead atoms. The Bertz CT molecular complexity index is 1040. The summed E-state index contributed by atoms with van der Waals surface area (Å²) in [7, 11) is 0. The molecular formula is C30H40ClNO3. The standard InChI is InChI=1S/C30H39NO3.ClH/c1-3-30(2,32)23-34-29-17-14-25-10-6-7-11-27(25)28(29)22-24-12-15-26(16-13-24)33-21-20-31-18-8-4-5-9-19-31;/h6-7,10-17,32H,3-5,8-9,18-23H2,1-2H3;1H. The Morgan fingerprint density at radius 2 is 1.60 bits per heavy atom. The van der Waals surface area contributed by atoms with Gasteiger partial charge in [0.15, 0.2) is 0 Å². The van der Waals surface area contributed by atoms with E-state index >= 15 is 0 Å². The van der Waals surface area contributed by atoms with E-state index in [9.17, 15) is 5.11 Å². The number of hydrogen-bond acceptors (Lipinski definition) is 4. The molecule has 1 aliphatic rings. The van der Waals surface area contributed by atoms with E-state index < -0.39 is 5.60 Å². The number of likely N-dealkylation sites (tertiary alicyclic amines) is 1. The normalized spacial score (nSPS) is 16.2. The third-order valence-corrected chi connectivity index (χ3v) is 6.98. The first-order valence-electron chi connectivity index (χ1n) is 12.8. The van der Waals surface area contributed by atoms with Gasteiger partial charge in [-0.2, -0.15) is 0 Å². The van der Waals surface area contributed by atoms with E-state index in [-0.39, 0.29) is 19.0 Å². The molecule has 1 saturated heterocycles. The van der Waals surface area contributed by atoms with E-state index in [1.807, 2.05) is 19.9 Å². The Kier molecular flexibility index (Phi) is 10.3. The van der Waals surface area contributed by atoms with Crippen LogP contribution in [0.25, 0.3) is 10.8 Å². The summed E-state index contributed by atoms with van der Waals surface area (Å²) in [6.07, 6.45) is 6.75. The average Bonchev–Trinajstić information content (AvgIpc) is 3.13. The average molecular weight is 498 g/mol. The summed E-state index contributed by atoms with van der Waals surface area (Å²) in [5.74, 6) is 1.76. The van der Waals surface area contributed by atoms with Gasteiger partial charge in [-0.15, -0.1) is 12.4 Å². The van der Waals surface area contributed by atoms with Crippen molar-refractivity contribution in [3.05, 3.63) is 71.8 Å². The maximum Gasteiger partial charge on any atom is 0.123 e. The smallest absolute Gasteiger partial charge is 0.123 e. The Hall–Kier alpha value is -2.27. The van der Waals surface area contributed by atoms with Crippen LogP contribution in [0, 0.1) is 0 Å². The van der Waals surface area contributed by atoms with Crippen LogP contribution in [0.2, 0.25) is 0 Å². The van der Waals surface area contributed by atoms with Gasteiger partial charge in [0, 0.05) is 18.5 Å². The molecule has 0 spiro atoms. The summed E-state index contributed by atoms with van der Waals surface area (Å²) in [6.45, 7) is 8.20. The summed E-state index contributed by atoms with van der Waals surface area (Å²) >= 11 is 0. The molecule has 1 unspecified atom stereocenters. The summed E-state index contributed by atoms with van der Waals surface area (Å²) in [4.78, 5) is 2.53. The Labute approximate surface area is 216 Å². The summed E-state index contributed by atoms with van der Waals surface area (Å²) < 4.78 is 12.2. The molecule has 0 aliphatic carbocycles. The van der Waals surface area contributed by atoms with Gasteiger partial charge in [-0.3, -0.25) is 4.90 Å². The predicted octanol–water partition coefficient (Wildman–Crippen LogP) is 6.65. The van der Waals surface area contributed by atoms with Crippen molar-refractivity contribution in [2.75, 3.05) is 32.8 Å². The lowest BCUT2D eigenvalue weighted by Crippen LogP contribution is -2.31. The Morgan fingerprint density at radius 3 is 2.31 bits per heavy atom. The van der Waals surface area contributed by atoms with Crippen LogP contribution in [0.1, 0.15) is 57.1 Å². The maximum atomic E-state index is 10.4. The van der Waals surface area contributed by atoms with E-state index in [4.69, 9.17) is 9.47 Å². The van der Waals surface area contributed by atoms with Crippen LogP contribution in [0.3, 0.4) is 0 Å². The van der Waals surface area contributed by atoms with Crippen LogP contribution in [0.15, 0.2) is 60.7 Å². The second-order valence-corrected chi connectivity index (χ2v) is 9.83. The zero-order valence-corrected chi connectivity index (χ0v) is 22.0. The number of aliphatic hydroxyl groups is 1. The van der Waals surface area contributed by atoms with E-state index in [1.165, 1.54) is 55.1 Å². The zero-order valence-electron chi connectivity index (χ0n) is 21.2. The first-order valence-corrected chi connectivity index (χ1v) is 12.8. The third kappa shape index (κ3) is 7.86. The van der Waals surface area contributed by atoms with Crippen LogP contribution >= 0.6 is 12.4 Å². The van der Waals surface area contributed by atoms with Crippen molar-refractivity contribution in [3.8, 4) is 11.5 Å². The van der Waals surface area contributed by atoms with Gasteiger partial charge in [-0.1, -0.05) is 62.2 Å². The number of halogens is 1.